The first kappa shape index (κ1) is 13.8. The van der Waals surface area contributed by atoms with Crippen molar-refractivity contribution in [1.82, 2.24) is 9.55 Å². The standard InChI is InChI=1S/C14H19BrN2S/c1-3-4-5-6-10(2)17-13-8-7-11(15)9-12(13)16-14(17)18/h7-10H,3-6H2,1-2H3,(H,16,18). The summed E-state index contributed by atoms with van der Waals surface area (Å²) in [5.74, 6) is 0. The van der Waals surface area contributed by atoms with Gasteiger partial charge in [0.25, 0.3) is 0 Å². The summed E-state index contributed by atoms with van der Waals surface area (Å²) in [4.78, 5) is 3.29. The van der Waals surface area contributed by atoms with Crippen LogP contribution in [0.2, 0.25) is 0 Å². The van der Waals surface area contributed by atoms with Gasteiger partial charge < -0.3 is 9.55 Å². The molecule has 0 saturated carbocycles. The van der Waals surface area contributed by atoms with Crippen molar-refractivity contribution in [1.29, 1.82) is 0 Å². The number of aromatic nitrogens is 2. The number of nitrogens with one attached hydrogen (secondary N) is 1. The SMILES string of the molecule is CCCCCC(C)n1c(=S)[nH]c2cc(Br)ccc21. The van der Waals surface area contributed by atoms with Crippen molar-refractivity contribution in [2.45, 2.75) is 45.6 Å². The Balaban J connectivity index is 2.32. The molecule has 2 rings (SSSR count). The highest BCUT2D eigenvalue weighted by Gasteiger charge is 2.10. The zero-order valence-electron chi connectivity index (χ0n) is 10.9. The number of aromatic amines is 1. The Morgan fingerprint density at radius 2 is 2.17 bits per heavy atom. The predicted octanol–water partition coefficient (Wildman–Crippen LogP) is 5.60. The molecular formula is C14H19BrN2S. The third-order valence-corrected chi connectivity index (χ3v) is 4.14. The number of benzene rings is 1. The highest BCUT2D eigenvalue weighted by atomic mass is 79.9. The van der Waals surface area contributed by atoms with Crippen LogP contribution in [0.3, 0.4) is 0 Å². The van der Waals surface area contributed by atoms with Crippen LogP contribution in [0.25, 0.3) is 11.0 Å². The summed E-state index contributed by atoms with van der Waals surface area (Å²) in [5, 5.41) is 0. The molecule has 1 heterocycles. The molecule has 0 aliphatic rings. The lowest BCUT2D eigenvalue weighted by molar-refractivity contribution is 0.483. The van der Waals surface area contributed by atoms with Crippen LogP contribution in [-0.2, 0) is 0 Å². The molecule has 0 radical (unpaired) electrons. The monoisotopic (exact) mass is 326 g/mol. The zero-order chi connectivity index (χ0) is 13.1. The quantitative estimate of drug-likeness (QED) is 0.560. The van der Waals surface area contributed by atoms with Crippen molar-refractivity contribution in [2.24, 2.45) is 0 Å². The molecule has 1 unspecified atom stereocenters. The van der Waals surface area contributed by atoms with Crippen LogP contribution in [0, 0.1) is 4.77 Å². The normalized spacial score (nSPS) is 13.1. The predicted molar refractivity (Wildman–Crippen MR) is 83.7 cm³/mol. The number of halogens is 1. The van der Waals surface area contributed by atoms with Crippen LogP contribution < -0.4 is 0 Å². The molecule has 0 aliphatic heterocycles. The van der Waals surface area contributed by atoms with E-state index in [9.17, 15) is 0 Å². The highest BCUT2D eigenvalue weighted by Crippen LogP contribution is 2.25. The third kappa shape index (κ3) is 2.86. The molecule has 4 heteroatoms. The minimum absolute atomic E-state index is 0.457. The Morgan fingerprint density at radius 1 is 1.39 bits per heavy atom. The summed E-state index contributed by atoms with van der Waals surface area (Å²) in [5.41, 5.74) is 2.31. The minimum atomic E-state index is 0.457. The maximum absolute atomic E-state index is 5.44. The molecule has 98 valence electrons. The Hall–Kier alpha value is -0.610. The van der Waals surface area contributed by atoms with Gasteiger partial charge in [0.1, 0.15) is 0 Å². The summed E-state index contributed by atoms with van der Waals surface area (Å²) in [7, 11) is 0. The number of hydrogen-bond acceptors (Lipinski definition) is 1. The molecule has 2 aromatic rings. The number of hydrogen-bond donors (Lipinski definition) is 1. The van der Waals surface area contributed by atoms with Gasteiger partial charge in [0.2, 0.25) is 0 Å². The molecule has 2 nitrogen and oxygen atoms in total. The molecule has 0 aliphatic carbocycles. The molecule has 1 aromatic carbocycles. The maximum Gasteiger partial charge on any atom is 0.178 e. The Kier molecular flexibility index (Phi) is 4.62. The molecule has 1 N–H and O–H groups in total. The summed E-state index contributed by atoms with van der Waals surface area (Å²) < 4.78 is 4.15. The van der Waals surface area contributed by atoms with Gasteiger partial charge in [-0.3, -0.25) is 0 Å². The van der Waals surface area contributed by atoms with Crippen LogP contribution in [0.4, 0.5) is 0 Å². The molecule has 1 atom stereocenters. The van der Waals surface area contributed by atoms with Crippen molar-refractivity contribution >= 4 is 39.2 Å². The largest absolute Gasteiger partial charge is 0.331 e. The van der Waals surface area contributed by atoms with E-state index >= 15 is 0 Å². The fourth-order valence-electron chi connectivity index (χ4n) is 2.36. The Bertz CT molecular complexity index is 585. The van der Waals surface area contributed by atoms with E-state index in [1.807, 2.05) is 0 Å². The number of rotatable bonds is 5. The van der Waals surface area contributed by atoms with Crippen LogP contribution in [0.5, 0.6) is 0 Å². The second-order valence-electron chi connectivity index (χ2n) is 4.81. The van der Waals surface area contributed by atoms with Crippen LogP contribution in [0.15, 0.2) is 22.7 Å². The lowest BCUT2D eigenvalue weighted by Crippen LogP contribution is -2.05. The maximum atomic E-state index is 5.44. The van der Waals surface area contributed by atoms with Gasteiger partial charge in [-0.05, 0) is 43.8 Å². The fourth-order valence-corrected chi connectivity index (χ4v) is 3.11. The van der Waals surface area contributed by atoms with Gasteiger partial charge in [-0.2, -0.15) is 0 Å². The number of unbranched alkanes of at least 4 members (excludes halogenated alkanes) is 2. The summed E-state index contributed by atoms with van der Waals surface area (Å²) in [6.45, 7) is 4.49. The first-order valence-corrected chi connectivity index (χ1v) is 7.73. The van der Waals surface area contributed by atoms with Crippen LogP contribution >= 0.6 is 28.1 Å². The molecule has 0 fully saturated rings. The zero-order valence-corrected chi connectivity index (χ0v) is 13.3. The van der Waals surface area contributed by atoms with Crippen molar-refractivity contribution in [2.75, 3.05) is 0 Å². The summed E-state index contributed by atoms with van der Waals surface area (Å²) in [6, 6.07) is 6.74. The van der Waals surface area contributed by atoms with Gasteiger partial charge in [-0.25, -0.2) is 0 Å². The van der Waals surface area contributed by atoms with Crippen molar-refractivity contribution in [3.05, 3.63) is 27.4 Å². The summed E-state index contributed by atoms with van der Waals surface area (Å²) in [6.07, 6.45) is 5.01. The lowest BCUT2D eigenvalue weighted by Gasteiger charge is -2.14. The molecular weight excluding hydrogens is 308 g/mol. The molecule has 0 bridgehead atoms. The topological polar surface area (TPSA) is 20.7 Å². The Labute approximate surface area is 122 Å². The van der Waals surface area contributed by atoms with E-state index in [4.69, 9.17) is 12.2 Å². The first-order valence-electron chi connectivity index (χ1n) is 6.53. The van der Waals surface area contributed by atoms with Crippen molar-refractivity contribution < 1.29 is 0 Å². The Morgan fingerprint density at radius 3 is 2.89 bits per heavy atom. The van der Waals surface area contributed by atoms with Gasteiger partial charge in [-0.1, -0.05) is 42.1 Å². The molecule has 1 aromatic heterocycles. The average Bonchev–Trinajstić information content (AvgIpc) is 2.64. The third-order valence-electron chi connectivity index (χ3n) is 3.34. The van der Waals surface area contributed by atoms with E-state index in [-0.39, 0.29) is 0 Å². The lowest BCUT2D eigenvalue weighted by atomic mass is 10.1. The van der Waals surface area contributed by atoms with Gasteiger partial charge in [0.05, 0.1) is 11.0 Å². The number of imidazole rings is 1. The number of fused-ring (bicyclic) bond motifs is 1. The van der Waals surface area contributed by atoms with Crippen LogP contribution in [0.1, 0.15) is 45.6 Å². The summed E-state index contributed by atoms with van der Waals surface area (Å²) >= 11 is 8.93. The van der Waals surface area contributed by atoms with Crippen LogP contribution in [-0.4, -0.2) is 9.55 Å². The smallest absolute Gasteiger partial charge is 0.178 e. The fraction of sp³-hybridized carbons (Fsp3) is 0.500. The number of nitrogens with zero attached hydrogens (tertiary/aromatic N) is 1. The van der Waals surface area contributed by atoms with Gasteiger partial charge in [-0.15, -0.1) is 0 Å². The average molecular weight is 327 g/mol. The van der Waals surface area contributed by atoms with E-state index in [1.54, 1.807) is 0 Å². The van der Waals surface area contributed by atoms with Gasteiger partial charge in [0, 0.05) is 10.5 Å². The van der Waals surface area contributed by atoms with Gasteiger partial charge in [0.15, 0.2) is 4.77 Å². The molecule has 0 saturated heterocycles. The van der Waals surface area contributed by atoms with Gasteiger partial charge >= 0.3 is 0 Å². The molecule has 0 spiro atoms. The minimum Gasteiger partial charge on any atom is -0.331 e. The first-order chi connectivity index (χ1) is 8.63. The van der Waals surface area contributed by atoms with Crippen molar-refractivity contribution in [3.63, 3.8) is 0 Å². The van der Waals surface area contributed by atoms with E-state index in [1.165, 1.54) is 31.2 Å². The number of H-pyrrole nitrogens is 1. The molecule has 0 amide bonds. The van der Waals surface area contributed by atoms with E-state index in [0.717, 1.165) is 14.8 Å². The molecule has 18 heavy (non-hydrogen) atoms. The van der Waals surface area contributed by atoms with Crippen molar-refractivity contribution in [3.8, 4) is 0 Å². The second kappa shape index (κ2) is 6.02. The highest BCUT2D eigenvalue weighted by molar-refractivity contribution is 9.10. The van der Waals surface area contributed by atoms with E-state index < -0.39 is 0 Å². The van der Waals surface area contributed by atoms with E-state index in [0.29, 0.717) is 6.04 Å². The second-order valence-corrected chi connectivity index (χ2v) is 6.11. The van der Waals surface area contributed by atoms with E-state index in [2.05, 4.69) is 57.5 Å².